The molecule has 1 aromatic rings. The van der Waals surface area contributed by atoms with Gasteiger partial charge in [-0.25, -0.2) is 9.69 Å². The second-order valence-corrected chi connectivity index (χ2v) is 9.10. The van der Waals surface area contributed by atoms with Gasteiger partial charge in [0.15, 0.2) is 14.2 Å². The number of nitrogens with zero attached hydrogens (tertiary/aromatic N) is 1. The fourth-order valence-corrected chi connectivity index (χ4v) is 3.61. The average Bonchev–Trinajstić information content (AvgIpc) is 2.68. The largest absolute Gasteiger partial charge is 1.00 e. The third-order valence-electron chi connectivity index (χ3n) is 3.96. The molecule has 3 atom stereocenters. The SMILES string of the molecule is CC[C@H](N=C([O-])[C@H](CC(C)C)N[P+]([O-])(O)CNC(=O)OCc1ccccc1)C(=O)[O-].[Li+].[Li+]. The Bertz CT molecular complexity index is 724. The van der Waals surface area contributed by atoms with E-state index in [9.17, 15) is 29.6 Å². The average molecular weight is 455 g/mol. The molecule has 0 radical (unpaired) electrons. The Morgan fingerprint density at radius 3 is 2.28 bits per heavy atom. The number of carbonyl (C=O) groups is 2. The first kappa shape index (κ1) is 33.1. The van der Waals surface area contributed by atoms with Crippen LogP contribution in [0, 0.1) is 5.92 Å². The summed E-state index contributed by atoms with van der Waals surface area (Å²) in [5.41, 5.74) is 0.751. The molecular weight excluding hydrogens is 427 g/mol. The summed E-state index contributed by atoms with van der Waals surface area (Å²) in [5, 5.41) is 27.8. The second-order valence-electron chi connectivity index (χ2n) is 7.12. The van der Waals surface area contributed by atoms with Gasteiger partial charge in [0, 0.05) is 0 Å². The Hall–Kier alpha value is -1.07. The van der Waals surface area contributed by atoms with E-state index in [1.165, 1.54) is 6.92 Å². The van der Waals surface area contributed by atoms with Crippen LogP contribution in [0.15, 0.2) is 35.3 Å². The molecule has 3 N–H and O–H groups in total. The number of carboxylic acids is 1. The zero-order valence-corrected chi connectivity index (χ0v) is 20.1. The smallest absolute Gasteiger partial charge is 0.861 e. The molecule has 13 heteroatoms. The van der Waals surface area contributed by atoms with Crippen LogP contribution in [0.3, 0.4) is 0 Å². The summed E-state index contributed by atoms with van der Waals surface area (Å²) < 4.78 is 4.97. The molecule has 0 aromatic heterocycles. The number of rotatable bonds is 12. The first-order valence-corrected chi connectivity index (χ1v) is 11.4. The first-order chi connectivity index (χ1) is 14.0. The van der Waals surface area contributed by atoms with Crippen LogP contribution in [0.5, 0.6) is 0 Å². The third kappa shape index (κ3) is 13.5. The minimum absolute atomic E-state index is 0. The van der Waals surface area contributed by atoms with Crippen molar-refractivity contribution in [3.63, 3.8) is 0 Å². The summed E-state index contributed by atoms with van der Waals surface area (Å²) in [6.07, 6.45) is -1.38. The Morgan fingerprint density at radius 1 is 1.19 bits per heavy atom. The minimum Gasteiger partial charge on any atom is -0.861 e. The van der Waals surface area contributed by atoms with E-state index < -0.39 is 44.2 Å². The molecule has 1 rings (SSSR count). The molecule has 0 aliphatic carbocycles. The number of carbonyl (C=O) groups excluding carboxylic acids is 2. The van der Waals surface area contributed by atoms with E-state index in [4.69, 9.17) is 4.74 Å². The Labute approximate surface area is 213 Å². The summed E-state index contributed by atoms with van der Waals surface area (Å²) in [4.78, 5) is 48.9. The molecule has 10 nitrogen and oxygen atoms in total. The van der Waals surface area contributed by atoms with Gasteiger partial charge in [-0.1, -0.05) is 51.1 Å². The zero-order chi connectivity index (χ0) is 22.7. The minimum atomic E-state index is -4.19. The summed E-state index contributed by atoms with van der Waals surface area (Å²) in [7, 11) is -4.19. The predicted octanol–water partition coefficient (Wildman–Crippen LogP) is -6.71. The van der Waals surface area contributed by atoms with Crippen LogP contribution in [0.2, 0.25) is 0 Å². The summed E-state index contributed by atoms with van der Waals surface area (Å²) in [6, 6.07) is 6.37. The van der Waals surface area contributed by atoms with Crippen LogP contribution in [0.25, 0.3) is 0 Å². The molecule has 0 spiro atoms. The number of alkyl carbamates (subject to hydrolysis) is 1. The zero-order valence-electron chi connectivity index (χ0n) is 19.2. The van der Waals surface area contributed by atoms with Gasteiger partial charge in [0.1, 0.15) is 6.61 Å². The number of nitrogens with one attached hydrogen (secondary N) is 2. The van der Waals surface area contributed by atoms with Crippen molar-refractivity contribution < 1.29 is 72.0 Å². The van der Waals surface area contributed by atoms with Crippen molar-refractivity contribution in [1.29, 1.82) is 0 Å². The van der Waals surface area contributed by atoms with Gasteiger partial charge >= 0.3 is 43.8 Å². The van der Waals surface area contributed by atoms with Crippen molar-refractivity contribution in [1.82, 2.24) is 10.4 Å². The molecular formula is C19H28Li2N3O7P. The van der Waals surface area contributed by atoms with Gasteiger partial charge in [0.2, 0.25) is 0 Å². The van der Waals surface area contributed by atoms with Crippen molar-refractivity contribution in [2.24, 2.45) is 10.9 Å². The van der Waals surface area contributed by atoms with Crippen LogP contribution in [-0.4, -0.2) is 41.2 Å². The molecule has 32 heavy (non-hydrogen) atoms. The quantitative estimate of drug-likeness (QED) is 0.121. The van der Waals surface area contributed by atoms with Gasteiger partial charge in [0.25, 0.3) is 0 Å². The number of amides is 1. The van der Waals surface area contributed by atoms with Crippen molar-refractivity contribution in [2.75, 3.05) is 6.29 Å². The number of benzene rings is 1. The van der Waals surface area contributed by atoms with Gasteiger partial charge in [-0.3, -0.25) is 10.3 Å². The molecule has 0 heterocycles. The molecule has 0 aliphatic rings. The summed E-state index contributed by atoms with van der Waals surface area (Å²) in [5.74, 6) is -2.40. The van der Waals surface area contributed by atoms with Gasteiger partial charge < -0.3 is 24.6 Å². The number of aliphatic imine (C=N–C) groups is 1. The van der Waals surface area contributed by atoms with E-state index >= 15 is 0 Å². The number of ether oxygens (including phenoxy) is 1. The molecule has 0 bridgehead atoms. The topological polar surface area (TPSA) is 169 Å². The number of hydrogen-bond donors (Lipinski definition) is 3. The van der Waals surface area contributed by atoms with Gasteiger partial charge in [-0.05, 0) is 30.2 Å². The van der Waals surface area contributed by atoms with E-state index in [1.807, 2.05) is 6.07 Å². The maximum atomic E-state index is 12.4. The molecule has 1 aromatic carbocycles. The Kier molecular flexibility index (Phi) is 17.1. The second kappa shape index (κ2) is 16.5. The normalized spacial score (nSPS) is 14.9. The maximum Gasteiger partial charge on any atom is 1.00 e. The number of carboxylic acid groups (broad SMARTS) is 1. The summed E-state index contributed by atoms with van der Waals surface area (Å²) >= 11 is 0. The summed E-state index contributed by atoms with van der Waals surface area (Å²) in [6.45, 7) is 5.11. The fraction of sp³-hybridized carbons (Fsp3) is 0.526. The van der Waals surface area contributed by atoms with Gasteiger partial charge in [0.05, 0.1) is 18.1 Å². The predicted molar refractivity (Wildman–Crippen MR) is 107 cm³/mol. The molecule has 0 aliphatic heterocycles. The molecule has 0 saturated carbocycles. The van der Waals surface area contributed by atoms with Crippen LogP contribution >= 0.6 is 7.87 Å². The van der Waals surface area contributed by atoms with Crippen molar-refractivity contribution in [3.05, 3.63) is 35.9 Å². The van der Waals surface area contributed by atoms with Crippen molar-refractivity contribution in [3.8, 4) is 0 Å². The van der Waals surface area contributed by atoms with Crippen molar-refractivity contribution >= 4 is 25.8 Å². The van der Waals surface area contributed by atoms with Crippen molar-refractivity contribution in [2.45, 2.75) is 52.3 Å². The van der Waals surface area contributed by atoms with E-state index in [0.717, 1.165) is 5.56 Å². The fourth-order valence-electron chi connectivity index (χ4n) is 2.47. The van der Waals surface area contributed by atoms with Crippen LogP contribution in [0.4, 0.5) is 4.79 Å². The third-order valence-corrected chi connectivity index (χ3v) is 5.26. The van der Waals surface area contributed by atoms with Crippen LogP contribution < -0.4 is 63.2 Å². The first-order valence-electron chi connectivity index (χ1n) is 9.53. The van der Waals surface area contributed by atoms with E-state index in [2.05, 4.69) is 15.4 Å². The van der Waals surface area contributed by atoms with E-state index in [-0.39, 0.29) is 63.1 Å². The monoisotopic (exact) mass is 455 g/mol. The standard InChI is InChI=1S/C19H30N3O7P.2Li/c1-4-15(18(24)25)21-17(23)16(10-13(2)3)22-30(27,28)12-20-19(26)29-11-14-8-6-5-7-9-14;;/h5-9,13,15-16H,4,10-12H2,1-3H3,(H,20,26)(H,21,23)(H,24,25)(H2,22,27,28);;/q;2*+1/p-2/t15-,16-;;/m0../s1. The Balaban J connectivity index is 0. The molecule has 1 amide bonds. The number of aliphatic carboxylic acids is 1. The molecule has 1 unspecified atom stereocenters. The van der Waals surface area contributed by atoms with E-state index in [1.54, 1.807) is 38.1 Å². The maximum absolute atomic E-state index is 12.4. The number of hydrogen-bond acceptors (Lipinski definition) is 9. The van der Waals surface area contributed by atoms with Crippen LogP contribution in [-0.2, 0) is 16.1 Å². The van der Waals surface area contributed by atoms with Crippen LogP contribution in [0.1, 0.15) is 39.2 Å². The molecule has 0 fully saturated rings. The van der Waals surface area contributed by atoms with Gasteiger partial charge in [-0.15, -0.1) is 0 Å². The van der Waals surface area contributed by atoms with E-state index in [0.29, 0.717) is 0 Å². The molecule has 168 valence electrons. The Morgan fingerprint density at radius 2 is 1.78 bits per heavy atom. The van der Waals surface area contributed by atoms with Gasteiger partial charge in [-0.2, -0.15) is 5.09 Å². The molecule has 0 saturated heterocycles.